The second-order valence-electron chi connectivity index (χ2n) is 7.39. The van der Waals surface area contributed by atoms with E-state index in [1.165, 1.54) is 11.1 Å². The van der Waals surface area contributed by atoms with Crippen molar-refractivity contribution in [3.05, 3.63) is 81.8 Å². The van der Waals surface area contributed by atoms with Gasteiger partial charge < -0.3 is 16.0 Å². The average molecular weight is 527 g/mol. The molecule has 31 heavy (non-hydrogen) atoms. The van der Waals surface area contributed by atoms with Crippen LogP contribution in [0.15, 0.2) is 65.1 Å². The van der Waals surface area contributed by atoms with Crippen LogP contribution in [0.2, 0.25) is 0 Å². The van der Waals surface area contributed by atoms with E-state index in [0.717, 1.165) is 41.2 Å². The monoisotopic (exact) mass is 525 g/mol. The van der Waals surface area contributed by atoms with Gasteiger partial charge in [-0.05, 0) is 72.6 Å². The molecular formula is C24H30BrCl2N3O. The molecular weight excluding hydrogens is 497 g/mol. The fraction of sp³-hybridized carbons (Fsp3) is 0.292. The normalized spacial score (nSPS) is 10.5. The Hall–Kier alpha value is -1.63. The van der Waals surface area contributed by atoms with Crippen LogP contribution in [-0.2, 0) is 13.0 Å². The first-order valence-electron chi connectivity index (χ1n) is 9.99. The quantitative estimate of drug-likeness (QED) is 0.403. The van der Waals surface area contributed by atoms with Gasteiger partial charge >= 0.3 is 0 Å². The maximum Gasteiger partial charge on any atom is 0.251 e. The number of fused-ring (bicyclic) bond motifs is 1. The first kappa shape index (κ1) is 27.4. The van der Waals surface area contributed by atoms with Gasteiger partial charge in [-0.25, -0.2) is 0 Å². The van der Waals surface area contributed by atoms with Gasteiger partial charge in [-0.1, -0.05) is 52.3 Å². The van der Waals surface area contributed by atoms with Gasteiger partial charge in [-0.15, -0.1) is 24.8 Å². The molecule has 0 aliphatic rings. The summed E-state index contributed by atoms with van der Waals surface area (Å²) in [5.41, 5.74) is 8.84. The zero-order valence-electron chi connectivity index (χ0n) is 17.6. The number of halogens is 3. The lowest BCUT2D eigenvalue weighted by Crippen LogP contribution is -2.33. The molecule has 3 aromatic rings. The Morgan fingerprint density at radius 2 is 1.58 bits per heavy atom. The number of nitrogens with two attached hydrogens (primary N) is 1. The van der Waals surface area contributed by atoms with Crippen LogP contribution < -0.4 is 11.1 Å². The van der Waals surface area contributed by atoms with Crippen LogP contribution in [0.3, 0.4) is 0 Å². The Morgan fingerprint density at radius 1 is 0.935 bits per heavy atom. The number of carbonyl (C=O) groups excluding carboxylic acids is 1. The van der Waals surface area contributed by atoms with E-state index in [4.69, 9.17) is 5.73 Å². The molecule has 168 valence electrons. The lowest BCUT2D eigenvalue weighted by molar-refractivity contribution is 0.0950. The third-order valence-electron chi connectivity index (χ3n) is 5.11. The molecule has 1 amide bonds. The number of carbonyl (C=O) groups is 1. The maximum atomic E-state index is 12.4. The van der Waals surface area contributed by atoms with Gasteiger partial charge in [0.2, 0.25) is 0 Å². The summed E-state index contributed by atoms with van der Waals surface area (Å²) >= 11 is 3.48. The Labute approximate surface area is 205 Å². The van der Waals surface area contributed by atoms with E-state index in [0.29, 0.717) is 18.7 Å². The lowest BCUT2D eigenvalue weighted by Gasteiger charge is -2.17. The van der Waals surface area contributed by atoms with Crippen LogP contribution >= 0.6 is 40.7 Å². The second-order valence-corrected chi connectivity index (χ2v) is 8.31. The molecule has 0 saturated carbocycles. The van der Waals surface area contributed by atoms with Crippen LogP contribution in [-0.4, -0.2) is 37.5 Å². The average Bonchev–Trinajstić information content (AvgIpc) is 2.73. The van der Waals surface area contributed by atoms with Crippen molar-refractivity contribution < 1.29 is 4.79 Å². The van der Waals surface area contributed by atoms with Crippen molar-refractivity contribution in [1.29, 1.82) is 0 Å². The van der Waals surface area contributed by atoms with Crippen molar-refractivity contribution in [1.82, 2.24) is 10.2 Å². The molecule has 0 atom stereocenters. The third kappa shape index (κ3) is 8.43. The van der Waals surface area contributed by atoms with E-state index < -0.39 is 0 Å². The van der Waals surface area contributed by atoms with Crippen molar-refractivity contribution in [2.24, 2.45) is 5.73 Å². The Morgan fingerprint density at radius 3 is 2.29 bits per heavy atom. The highest BCUT2D eigenvalue weighted by atomic mass is 79.9. The van der Waals surface area contributed by atoms with Gasteiger partial charge in [0.15, 0.2) is 0 Å². The van der Waals surface area contributed by atoms with Crippen LogP contribution in [0.1, 0.15) is 27.9 Å². The topological polar surface area (TPSA) is 58.4 Å². The van der Waals surface area contributed by atoms with Crippen molar-refractivity contribution in [2.45, 2.75) is 19.4 Å². The maximum absolute atomic E-state index is 12.4. The largest absolute Gasteiger partial charge is 0.351 e. The summed E-state index contributed by atoms with van der Waals surface area (Å²) in [5.74, 6) is -0.0248. The number of nitrogens with zero attached hydrogens (tertiary/aromatic N) is 1. The minimum absolute atomic E-state index is 0. The van der Waals surface area contributed by atoms with Crippen LogP contribution in [0, 0.1) is 0 Å². The van der Waals surface area contributed by atoms with E-state index in [9.17, 15) is 4.79 Å². The Bertz CT molecular complexity index is 967. The number of aryl methyl sites for hydroxylation is 1. The van der Waals surface area contributed by atoms with E-state index in [-0.39, 0.29) is 30.7 Å². The summed E-state index contributed by atoms with van der Waals surface area (Å²) in [6.07, 6.45) is 2.14. The molecule has 0 bridgehead atoms. The minimum atomic E-state index is -0.0248. The molecule has 0 aromatic heterocycles. The Balaban J connectivity index is 0.00000240. The fourth-order valence-electron chi connectivity index (χ4n) is 3.33. The van der Waals surface area contributed by atoms with Gasteiger partial charge in [-0.2, -0.15) is 0 Å². The van der Waals surface area contributed by atoms with E-state index in [2.05, 4.69) is 63.5 Å². The number of rotatable bonds is 9. The molecule has 0 radical (unpaired) electrons. The zero-order chi connectivity index (χ0) is 20.6. The van der Waals surface area contributed by atoms with Crippen molar-refractivity contribution >= 4 is 57.4 Å². The number of benzene rings is 3. The van der Waals surface area contributed by atoms with Crippen LogP contribution in [0.4, 0.5) is 0 Å². The molecule has 0 spiro atoms. The summed E-state index contributed by atoms with van der Waals surface area (Å²) in [7, 11) is 2.09. The number of amides is 1. The van der Waals surface area contributed by atoms with Gasteiger partial charge in [0.1, 0.15) is 0 Å². The van der Waals surface area contributed by atoms with E-state index in [1.54, 1.807) is 0 Å². The van der Waals surface area contributed by atoms with Crippen molar-refractivity contribution in [3.8, 4) is 0 Å². The lowest BCUT2D eigenvalue weighted by atomic mass is 10.1. The summed E-state index contributed by atoms with van der Waals surface area (Å²) < 4.78 is 1.04. The highest BCUT2D eigenvalue weighted by molar-refractivity contribution is 9.10. The van der Waals surface area contributed by atoms with Gasteiger partial charge in [0.25, 0.3) is 5.91 Å². The van der Waals surface area contributed by atoms with Crippen LogP contribution in [0.25, 0.3) is 10.8 Å². The molecule has 0 fully saturated rings. The third-order valence-corrected chi connectivity index (χ3v) is 5.60. The van der Waals surface area contributed by atoms with Crippen molar-refractivity contribution in [3.63, 3.8) is 0 Å². The predicted molar refractivity (Wildman–Crippen MR) is 139 cm³/mol. The van der Waals surface area contributed by atoms with Crippen molar-refractivity contribution in [2.75, 3.05) is 26.7 Å². The first-order valence-corrected chi connectivity index (χ1v) is 10.8. The van der Waals surface area contributed by atoms with Gasteiger partial charge in [0, 0.05) is 29.7 Å². The van der Waals surface area contributed by atoms with E-state index >= 15 is 0 Å². The summed E-state index contributed by atoms with van der Waals surface area (Å²) in [6, 6.07) is 20.4. The minimum Gasteiger partial charge on any atom is -0.351 e. The number of nitrogens with one attached hydrogen (secondary N) is 1. The molecule has 0 aliphatic heterocycles. The molecule has 0 aliphatic carbocycles. The van der Waals surface area contributed by atoms with Gasteiger partial charge in [-0.3, -0.25) is 4.79 Å². The molecule has 3 aromatic carbocycles. The van der Waals surface area contributed by atoms with E-state index in [1.807, 2.05) is 30.3 Å². The Kier molecular flexibility index (Phi) is 12.1. The molecule has 4 nitrogen and oxygen atoms in total. The molecule has 3 rings (SSSR count). The molecule has 0 heterocycles. The molecule has 0 unspecified atom stereocenters. The predicted octanol–water partition coefficient (Wildman–Crippen LogP) is 5.20. The summed E-state index contributed by atoms with van der Waals surface area (Å²) in [5, 5.41) is 5.21. The highest BCUT2D eigenvalue weighted by Gasteiger charge is 2.07. The number of hydrogen-bond donors (Lipinski definition) is 2. The summed E-state index contributed by atoms with van der Waals surface area (Å²) in [6.45, 7) is 3.06. The first-order chi connectivity index (χ1) is 14.0. The smallest absolute Gasteiger partial charge is 0.251 e. The number of hydrogen-bond acceptors (Lipinski definition) is 3. The standard InChI is InChI=1S/C24H28BrN3O.2ClH/c1-28(13-2-3-18-4-6-19(17-26)7-5-18)14-12-27-24(29)22-9-8-21-16-23(25)11-10-20(21)15-22;;/h4-11,15-16H,2-3,12-14,17,26H2,1H3,(H,27,29);2*1H. The highest BCUT2D eigenvalue weighted by Crippen LogP contribution is 2.21. The fourth-order valence-corrected chi connectivity index (χ4v) is 3.71. The SMILES string of the molecule is CN(CCCc1ccc(CN)cc1)CCNC(=O)c1ccc2cc(Br)ccc2c1.Cl.Cl. The number of likely N-dealkylation sites (N-methyl/N-ethyl adjacent to an activating group) is 1. The zero-order valence-corrected chi connectivity index (χ0v) is 20.9. The molecule has 7 heteroatoms. The van der Waals surface area contributed by atoms with Gasteiger partial charge in [0.05, 0.1) is 0 Å². The molecule has 0 saturated heterocycles. The van der Waals surface area contributed by atoms with Crippen LogP contribution in [0.5, 0.6) is 0 Å². The second kappa shape index (κ2) is 13.7. The molecule has 3 N–H and O–H groups in total. The summed E-state index contributed by atoms with van der Waals surface area (Å²) in [4.78, 5) is 14.7.